The third-order valence-corrected chi connectivity index (χ3v) is 5.45. The number of thiazole rings is 1. The molecule has 0 aromatic carbocycles. The van der Waals surface area contributed by atoms with E-state index >= 15 is 0 Å². The van der Waals surface area contributed by atoms with Crippen LogP contribution in [0.3, 0.4) is 0 Å². The molecule has 0 radical (unpaired) electrons. The van der Waals surface area contributed by atoms with Crippen molar-refractivity contribution in [2.75, 3.05) is 11.9 Å². The van der Waals surface area contributed by atoms with Crippen molar-refractivity contribution in [1.82, 2.24) is 20.1 Å². The van der Waals surface area contributed by atoms with Gasteiger partial charge < -0.3 is 9.64 Å². The molecule has 144 valence electrons. The zero-order chi connectivity index (χ0) is 19.2. The lowest BCUT2D eigenvalue weighted by Crippen LogP contribution is -2.39. The van der Waals surface area contributed by atoms with Gasteiger partial charge in [-0.3, -0.25) is 15.2 Å². The molecule has 2 aromatic rings. The van der Waals surface area contributed by atoms with Gasteiger partial charge in [-0.2, -0.15) is 5.10 Å². The lowest BCUT2D eigenvalue weighted by atomic mass is 10.2. The van der Waals surface area contributed by atoms with Gasteiger partial charge in [-0.1, -0.05) is 11.3 Å². The van der Waals surface area contributed by atoms with E-state index in [1.165, 1.54) is 11.3 Å². The molecule has 1 aliphatic heterocycles. The Morgan fingerprint density at radius 1 is 1.37 bits per heavy atom. The average Bonchev–Trinajstić information content (AvgIpc) is 3.17. The summed E-state index contributed by atoms with van der Waals surface area (Å²) in [6.07, 6.45) is 2.62. The summed E-state index contributed by atoms with van der Waals surface area (Å²) in [6.45, 7) is 6.56. The van der Waals surface area contributed by atoms with Crippen LogP contribution in [0, 0.1) is 0 Å². The van der Waals surface area contributed by atoms with Crippen molar-refractivity contribution in [3.8, 4) is 0 Å². The predicted octanol–water partition coefficient (Wildman–Crippen LogP) is 3.29. The van der Waals surface area contributed by atoms with Crippen LogP contribution in [0.1, 0.15) is 66.3 Å². The molecule has 27 heavy (non-hydrogen) atoms. The largest absolute Gasteiger partial charge is 0.444 e. The van der Waals surface area contributed by atoms with E-state index in [2.05, 4.69) is 20.5 Å². The minimum Gasteiger partial charge on any atom is -0.444 e. The number of rotatable bonds is 3. The number of aromatic nitrogens is 3. The number of aromatic amines is 1. The lowest BCUT2D eigenvalue weighted by molar-refractivity contribution is 0.0225. The molecule has 1 fully saturated rings. The topological polar surface area (TPSA) is 100 Å². The van der Waals surface area contributed by atoms with E-state index in [1.54, 1.807) is 4.90 Å². The third kappa shape index (κ3) is 4.13. The lowest BCUT2D eigenvalue weighted by Gasteiger charge is -2.29. The summed E-state index contributed by atoms with van der Waals surface area (Å²) >= 11 is 1.39. The summed E-state index contributed by atoms with van der Waals surface area (Å²) in [5.74, 6) is 0.248. The minimum absolute atomic E-state index is 0.270. The van der Waals surface area contributed by atoms with Gasteiger partial charge in [0.2, 0.25) is 0 Å². The number of amides is 2. The Morgan fingerprint density at radius 3 is 2.85 bits per heavy atom. The van der Waals surface area contributed by atoms with Gasteiger partial charge in [-0.25, -0.2) is 9.78 Å². The molecule has 3 heterocycles. The summed E-state index contributed by atoms with van der Waals surface area (Å²) < 4.78 is 5.44. The number of ether oxygens (including phenoxy) is 1. The number of nitrogens with zero attached hydrogens (tertiary/aromatic N) is 3. The fourth-order valence-electron chi connectivity index (χ4n) is 2.95. The van der Waals surface area contributed by atoms with Crippen LogP contribution in [0.4, 0.5) is 9.93 Å². The highest BCUT2D eigenvalue weighted by Gasteiger charge is 2.29. The molecule has 2 amide bonds. The number of anilines is 1. The van der Waals surface area contributed by atoms with Gasteiger partial charge >= 0.3 is 6.09 Å². The van der Waals surface area contributed by atoms with Crippen LogP contribution in [0.5, 0.6) is 0 Å². The maximum atomic E-state index is 12.4. The molecular weight excluding hydrogens is 366 g/mol. The molecule has 8 nitrogen and oxygen atoms in total. The van der Waals surface area contributed by atoms with Crippen molar-refractivity contribution < 1.29 is 14.3 Å². The standard InChI is InChI=1S/C18H23N5O3S/c1-18(2,3)26-17(25)23-7-6-11-14(9-23)27-16(19-11)20-15(24)13-8-12(21-22-13)10-4-5-10/h8,10H,4-7,9H2,1-3H3,(H,21,22)(H,19,20,24). The Balaban J connectivity index is 1.40. The molecule has 2 aromatic heterocycles. The summed E-state index contributed by atoms with van der Waals surface area (Å²) in [4.78, 5) is 31.8. The van der Waals surface area contributed by atoms with E-state index in [0.717, 1.165) is 29.1 Å². The van der Waals surface area contributed by atoms with Gasteiger partial charge in [0.1, 0.15) is 5.60 Å². The number of fused-ring (bicyclic) bond motifs is 1. The van der Waals surface area contributed by atoms with Crippen molar-refractivity contribution >= 4 is 28.5 Å². The Bertz CT molecular complexity index is 878. The van der Waals surface area contributed by atoms with Crippen molar-refractivity contribution in [2.24, 2.45) is 0 Å². The van der Waals surface area contributed by atoms with E-state index < -0.39 is 5.60 Å². The Kier molecular flexibility index (Phi) is 4.41. The molecule has 2 aliphatic rings. The molecule has 1 aliphatic carbocycles. The van der Waals surface area contributed by atoms with Gasteiger partial charge in [0, 0.05) is 29.5 Å². The number of nitrogens with one attached hydrogen (secondary N) is 2. The number of hydrogen-bond donors (Lipinski definition) is 2. The van der Waals surface area contributed by atoms with Crippen LogP contribution in [-0.2, 0) is 17.7 Å². The SMILES string of the molecule is CC(C)(C)OC(=O)N1CCc2nc(NC(=O)c3cc(C4CC4)[nH]n3)sc2C1. The number of carbonyl (C=O) groups is 2. The summed E-state index contributed by atoms with van der Waals surface area (Å²) in [6, 6.07) is 1.81. The number of hydrogen-bond acceptors (Lipinski definition) is 6. The van der Waals surface area contributed by atoms with Crippen LogP contribution in [0.15, 0.2) is 6.07 Å². The van der Waals surface area contributed by atoms with E-state index in [9.17, 15) is 9.59 Å². The monoisotopic (exact) mass is 389 g/mol. The maximum Gasteiger partial charge on any atom is 0.410 e. The Labute approximate surface area is 161 Å². The van der Waals surface area contributed by atoms with Crippen LogP contribution in [-0.4, -0.2) is 44.2 Å². The van der Waals surface area contributed by atoms with Crippen molar-refractivity contribution in [1.29, 1.82) is 0 Å². The highest BCUT2D eigenvalue weighted by Crippen LogP contribution is 2.39. The predicted molar refractivity (Wildman–Crippen MR) is 101 cm³/mol. The molecule has 2 N–H and O–H groups in total. The molecule has 1 saturated carbocycles. The van der Waals surface area contributed by atoms with E-state index in [0.29, 0.717) is 36.3 Å². The number of carbonyl (C=O) groups excluding carboxylic acids is 2. The first-order chi connectivity index (χ1) is 12.8. The molecule has 0 bridgehead atoms. The van der Waals surface area contributed by atoms with E-state index in [-0.39, 0.29) is 12.0 Å². The van der Waals surface area contributed by atoms with Gasteiger partial charge in [-0.15, -0.1) is 0 Å². The van der Waals surface area contributed by atoms with Gasteiger partial charge in [-0.05, 0) is 39.7 Å². The molecule has 0 saturated heterocycles. The molecule has 0 spiro atoms. The highest BCUT2D eigenvalue weighted by atomic mass is 32.1. The smallest absolute Gasteiger partial charge is 0.410 e. The molecular formula is C18H23N5O3S. The van der Waals surface area contributed by atoms with E-state index in [1.807, 2.05) is 26.8 Å². The molecule has 4 rings (SSSR count). The quantitative estimate of drug-likeness (QED) is 0.839. The molecule has 0 unspecified atom stereocenters. The summed E-state index contributed by atoms with van der Waals surface area (Å²) in [7, 11) is 0. The van der Waals surface area contributed by atoms with Crippen molar-refractivity contribution in [3.05, 3.63) is 28.0 Å². The third-order valence-electron chi connectivity index (χ3n) is 4.45. The second kappa shape index (κ2) is 6.63. The van der Waals surface area contributed by atoms with Crippen molar-refractivity contribution in [3.63, 3.8) is 0 Å². The van der Waals surface area contributed by atoms with Crippen LogP contribution in [0.25, 0.3) is 0 Å². The fraction of sp³-hybridized carbons (Fsp3) is 0.556. The van der Waals surface area contributed by atoms with Crippen LogP contribution < -0.4 is 5.32 Å². The summed E-state index contributed by atoms with van der Waals surface area (Å²) in [5, 5.41) is 10.4. The maximum absolute atomic E-state index is 12.4. The van der Waals surface area contributed by atoms with Gasteiger partial charge in [0.25, 0.3) is 5.91 Å². The first-order valence-corrected chi connectivity index (χ1v) is 9.93. The zero-order valence-corrected chi connectivity index (χ0v) is 16.5. The second-order valence-electron chi connectivity index (χ2n) is 7.98. The Morgan fingerprint density at radius 2 is 2.15 bits per heavy atom. The second-order valence-corrected chi connectivity index (χ2v) is 9.06. The molecule has 0 atom stereocenters. The van der Waals surface area contributed by atoms with Gasteiger partial charge in [0.05, 0.1) is 12.2 Å². The van der Waals surface area contributed by atoms with Gasteiger partial charge in [0.15, 0.2) is 10.8 Å². The van der Waals surface area contributed by atoms with Crippen LogP contribution >= 0.6 is 11.3 Å². The average molecular weight is 389 g/mol. The highest BCUT2D eigenvalue weighted by molar-refractivity contribution is 7.15. The Hall–Kier alpha value is -2.42. The first-order valence-electron chi connectivity index (χ1n) is 9.11. The van der Waals surface area contributed by atoms with Crippen LogP contribution in [0.2, 0.25) is 0 Å². The number of H-pyrrole nitrogens is 1. The summed E-state index contributed by atoms with van der Waals surface area (Å²) in [5.41, 5.74) is 1.80. The zero-order valence-electron chi connectivity index (χ0n) is 15.7. The first kappa shape index (κ1) is 18.0. The van der Waals surface area contributed by atoms with E-state index in [4.69, 9.17) is 4.74 Å². The fourth-order valence-corrected chi connectivity index (χ4v) is 3.97. The molecule has 9 heteroatoms. The minimum atomic E-state index is -0.521. The van der Waals surface area contributed by atoms with Crippen molar-refractivity contribution in [2.45, 2.75) is 58.1 Å². The normalized spacial score (nSPS) is 16.8.